The zero-order chi connectivity index (χ0) is 13.2. The normalized spacial score (nSPS) is 42.4. The molecule has 0 amide bonds. The molecule has 11 heteroatoms. The van der Waals surface area contributed by atoms with Crippen LogP contribution >= 0.6 is 0 Å². The fourth-order valence-corrected chi connectivity index (χ4v) is 0.936. The third-order valence-corrected chi connectivity index (χ3v) is 1.82. The smallest absolute Gasteiger partial charge is 0.450 e. The van der Waals surface area contributed by atoms with Crippen molar-refractivity contribution in [1.82, 2.24) is 0 Å². The SMILES string of the molecule is [O-]C1(F)C(F)(F)C(F)(F)OC1(F)C(F)(F)F. The first kappa shape index (κ1) is 13.4. The summed E-state index contributed by atoms with van der Waals surface area (Å²) < 4.78 is 111. The van der Waals surface area contributed by atoms with Gasteiger partial charge in [-0.15, -0.1) is 0 Å². The van der Waals surface area contributed by atoms with Crippen molar-refractivity contribution in [1.29, 1.82) is 0 Å². The molecule has 1 fully saturated rings. The lowest BCUT2D eigenvalue weighted by Gasteiger charge is -2.38. The van der Waals surface area contributed by atoms with E-state index in [1.165, 1.54) is 0 Å². The van der Waals surface area contributed by atoms with Crippen LogP contribution in [0.1, 0.15) is 0 Å². The van der Waals surface area contributed by atoms with Gasteiger partial charge in [-0.25, -0.2) is 4.39 Å². The number of rotatable bonds is 0. The van der Waals surface area contributed by atoms with Crippen LogP contribution in [-0.4, -0.2) is 29.9 Å². The summed E-state index contributed by atoms with van der Waals surface area (Å²) in [7, 11) is 0. The van der Waals surface area contributed by atoms with Crippen LogP contribution in [0.25, 0.3) is 0 Å². The van der Waals surface area contributed by atoms with E-state index in [0.717, 1.165) is 0 Å². The molecule has 1 aliphatic rings. The Balaban J connectivity index is 3.41. The summed E-state index contributed by atoms with van der Waals surface area (Å²) >= 11 is 0. The quantitative estimate of drug-likeness (QED) is 0.620. The molecule has 0 aromatic rings. The minimum Gasteiger partial charge on any atom is -0.815 e. The van der Waals surface area contributed by atoms with Crippen molar-refractivity contribution in [2.24, 2.45) is 0 Å². The third-order valence-electron chi connectivity index (χ3n) is 1.82. The first-order valence-corrected chi connectivity index (χ1v) is 3.31. The molecule has 2 unspecified atom stereocenters. The number of alkyl halides is 9. The summed E-state index contributed by atoms with van der Waals surface area (Å²) in [5.74, 6) is -19.3. The van der Waals surface area contributed by atoms with Crippen LogP contribution < -0.4 is 5.11 Å². The van der Waals surface area contributed by atoms with E-state index in [9.17, 15) is 44.6 Å². The minimum atomic E-state index is -6.67. The lowest BCUT2D eigenvalue weighted by molar-refractivity contribution is -0.608. The van der Waals surface area contributed by atoms with Gasteiger partial charge in [0.1, 0.15) is 0 Å². The van der Waals surface area contributed by atoms with Gasteiger partial charge in [0.2, 0.25) is 0 Å². The maximum Gasteiger partial charge on any atom is 0.450 e. The summed E-state index contributed by atoms with van der Waals surface area (Å²) in [4.78, 5) is 0. The predicted octanol–water partition coefficient (Wildman–Crippen LogP) is 1.50. The molecule has 0 aromatic carbocycles. The van der Waals surface area contributed by atoms with Crippen LogP contribution in [0, 0.1) is 0 Å². The van der Waals surface area contributed by atoms with Crippen molar-refractivity contribution >= 4 is 0 Å². The number of halogens is 9. The maximum absolute atomic E-state index is 12.6. The lowest BCUT2D eigenvalue weighted by Crippen LogP contribution is -2.68. The first-order valence-electron chi connectivity index (χ1n) is 3.31. The van der Waals surface area contributed by atoms with Crippen LogP contribution in [0.4, 0.5) is 39.5 Å². The molecule has 1 aliphatic heterocycles. The zero-order valence-electron chi connectivity index (χ0n) is 6.72. The van der Waals surface area contributed by atoms with Crippen molar-refractivity contribution in [3.05, 3.63) is 0 Å². The van der Waals surface area contributed by atoms with Gasteiger partial charge in [0.05, 0.1) is 0 Å². The van der Waals surface area contributed by atoms with Gasteiger partial charge in [-0.2, -0.15) is 35.1 Å². The Bertz CT molecular complexity index is 308. The number of hydrogen-bond acceptors (Lipinski definition) is 2. The lowest BCUT2D eigenvalue weighted by atomic mass is 10.0. The van der Waals surface area contributed by atoms with E-state index in [1.807, 2.05) is 4.74 Å². The molecule has 1 saturated heterocycles. The summed E-state index contributed by atoms with van der Waals surface area (Å²) in [6.07, 6.45) is -12.9. The van der Waals surface area contributed by atoms with E-state index < -0.39 is 29.9 Å². The monoisotopic (exact) mass is 263 g/mol. The van der Waals surface area contributed by atoms with Crippen LogP contribution in [0.15, 0.2) is 0 Å². The molecule has 0 N–H and O–H groups in total. The van der Waals surface area contributed by atoms with Gasteiger partial charge in [0, 0.05) is 0 Å². The second-order valence-electron chi connectivity index (χ2n) is 2.88. The molecule has 0 saturated carbocycles. The molecule has 0 aromatic heterocycles. The molecule has 16 heavy (non-hydrogen) atoms. The highest BCUT2D eigenvalue weighted by molar-refractivity contribution is 5.09. The van der Waals surface area contributed by atoms with Crippen LogP contribution in [0.5, 0.6) is 0 Å². The van der Waals surface area contributed by atoms with Crippen molar-refractivity contribution < 1.29 is 49.4 Å². The molecule has 0 bridgehead atoms. The van der Waals surface area contributed by atoms with Gasteiger partial charge >= 0.3 is 24.1 Å². The van der Waals surface area contributed by atoms with Gasteiger partial charge in [0.25, 0.3) is 0 Å². The second kappa shape index (κ2) is 2.75. The van der Waals surface area contributed by atoms with Gasteiger partial charge in [0.15, 0.2) is 5.85 Å². The molecule has 0 spiro atoms. The summed E-state index contributed by atoms with van der Waals surface area (Å²) in [6.45, 7) is 0. The molecule has 96 valence electrons. The largest absolute Gasteiger partial charge is 0.815 e. The first-order chi connectivity index (χ1) is 6.71. The Kier molecular flexibility index (Phi) is 2.30. The average Bonchev–Trinajstić information content (AvgIpc) is 2.07. The maximum atomic E-state index is 12.6. The topological polar surface area (TPSA) is 32.3 Å². The Hall–Kier alpha value is -0.710. The molecule has 2 atom stereocenters. The molecule has 0 radical (unpaired) electrons. The molecular formula is C5F9O2-. The fourth-order valence-electron chi connectivity index (χ4n) is 0.936. The van der Waals surface area contributed by atoms with Crippen molar-refractivity contribution in [2.75, 3.05) is 0 Å². The van der Waals surface area contributed by atoms with E-state index in [1.54, 1.807) is 0 Å². The average molecular weight is 263 g/mol. The summed E-state index contributed by atoms with van der Waals surface area (Å²) in [6, 6.07) is 0. The molecule has 2 nitrogen and oxygen atoms in total. The van der Waals surface area contributed by atoms with Crippen LogP contribution in [0.2, 0.25) is 0 Å². The van der Waals surface area contributed by atoms with Gasteiger partial charge in [-0.05, 0) is 0 Å². The van der Waals surface area contributed by atoms with Gasteiger partial charge in [-0.3, -0.25) is 4.74 Å². The van der Waals surface area contributed by atoms with E-state index in [0.29, 0.717) is 0 Å². The van der Waals surface area contributed by atoms with Gasteiger partial charge in [-0.1, -0.05) is 0 Å². The van der Waals surface area contributed by atoms with E-state index >= 15 is 0 Å². The fraction of sp³-hybridized carbons (Fsp3) is 1.00. The Morgan fingerprint density at radius 1 is 0.875 bits per heavy atom. The Labute approximate surface area is 80.6 Å². The van der Waals surface area contributed by atoms with E-state index in [-0.39, 0.29) is 0 Å². The molecule has 1 heterocycles. The molecular weight excluding hydrogens is 263 g/mol. The minimum absolute atomic E-state index is 1.97. The Morgan fingerprint density at radius 2 is 1.25 bits per heavy atom. The Morgan fingerprint density at radius 3 is 1.38 bits per heavy atom. The van der Waals surface area contributed by atoms with E-state index in [2.05, 4.69) is 0 Å². The van der Waals surface area contributed by atoms with Crippen molar-refractivity contribution in [2.45, 2.75) is 29.9 Å². The highest BCUT2D eigenvalue weighted by Gasteiger charge is 2.89. The van der Waals surface area contributed by atoms with Crippen molar-refractivity contribution in [3.8, 4) is 0 Å². The highest BCUT2D eigenvalue weighted by Crippen LogP contribution is 2.61. The van der Waals surface area contributed by atoms with Crippen LogP contribution in [-0.2, 0) is 4.74 Å². The van der Waals surface area contributed by atoms with Crippen molar-refractivity contribution in [3.63, 3.8) is 0 Å². The molecule has 0 aliphatic carbocycles. The highest BCUT2D eigenvalue weighted by atomic mass is 19.4. The summed E-state index contributed by atoms with van der Waals surface area (Å²) in [5.41, 5.74) is 0. The third kappa shape index (κ3) is 1.18. The van der Waals surface area contributed by atoms with Gasteiger partial charge < -0.3 is 5.11 Å². The second-order valence-corrected chi connectivity index (χ2v) is 2.88. The van der Waals surface area contributed by atoms with Crippen LogP contribution in [0.3, 0.4) is 0 Å². The molecule has 1 rings (SSSR count). The zero-order valence-corrected chi connectivity index (χ0v) is 6.72. The predicted molar refractivity (Wildman–Crippen MR) is 24.7 cm³/mol. The number of hydrogen-bond donors (Lipinski definition) is 0. The standard InChI is InChI=1S/C5F9O2/c6-1(7)2(8,15)3(9,4(10,11)12)16-5(1,13)14/q-1. The number of ether oxygens (including phenoxy) is 1. The van der Waals surface area contributed by atoms with E-state index in [4.69, 9.17) is 0 Å². The summed E-state index contributed by atoms with van der Waals surface area (Å²) in [5, 5.41) is 10.2.